The van der Waals surface area contributed by atoms with Gasteiger partial charge in [-0.1, -0.05) is 18.2 Å². The highest BCUT2D eigenvalue weighted by molar-refractivity contribution is 7.92. The second-order valence-corrected chi connectivity index (χ2v) is 5.65. The minimum Gasteiger partial charge on any atom is -0.397 e. The molecule has 0 atom stereocenters. The maximum atomic E-state index is 12.2. The molecule has 0 bridgehead atoms. The van der Waals surface area contributed by atoms with Gasteiger partial charge in [-0.2, -0.15) is 0 Å². The lowest BCUT2D eigenvalue weighted by Gasteiger charge is -2.10. The number of nitrogens with one attached hydrogen (secondary N) is 2. The van der Waals surface area contributed by atoms with Gasteiger partial charge in [-0.15, -0.1) is 12.4 Å². The fourth-order valence-electron chi connectivity index (χ4n) is 1.66. The third kappa shape index (κ3) is 3.55. The first-order valence-electron chi connectivity index (χ1n) is 5.68. The van der Waals surface area contributed by atoms with Gasteiger partial charge >= 0.3 is 0 Å². The van der Waals surface area contributed by atoms with Crippen molar-refractivity contribution in [3.63, 3.8) is 0 Å². The number of nitrogen functional groups attached to an aromatic ring is 1. The molecule has 0 amide bonds. The van der Waals surface area contributed by atoms with Gasteiger partial charge in [-0.3, -0.25) is 4.72 Å². The molecule has 0 aliphatic carbocycles. The van der Waals surface area contributed by atoms with Crippen molar-refractivity contribution in [2.45, 2.75) is 4.90 Å². The number of rotatable bonds is 4. The van der Waals surface area contributed by atoms with Crippen molar-refractivity contribution >= 4 is 39.5 Å². The zero-order chi connectivity index (χ0) is 13.9. The summed E-state index contributed by atoms with van der Waals surface area (Å²) in [6.45, 7) is 0. The molecule has 7 heteroatoms. The standard InChI is InChI=1S/C13H15N3O2S.ClH/c1-15-13-8-7-11(9-12(13)14)19(17,18)16-10-5-3-2-4-6-10;/h2-9,15-16H,14H2,1H3;1H. The topological polar surface area (TPSA) is 84.2 Å². The van der Waals surface area contributed by atoms with Crippen molar-refractivity contribution in [1.29, 1.82) is 0 Å². The molecule has 0 unspecified atom stereocenters. The average Bonchev–Trinajstić information content (AvgIpc) is 2.39. The van der Waals surface area contributed by atoms with Crippen LogP contribution >= 0.6 is 12.4 Å². The lowest BCUT2D eigenvalue weighted by atomic mass is 10.3. The predicted octanol–water partition coefficient (Wildman–Crippen LogP) is 2.53. The first kappa shape index (κ1) is 16.1. The van der Waals surface area contributed by atoms with Gasteiger partial charge in [0, 0.05) is 12.7 Å². The van der Waals surface area contributed by atoms with E-state index >= 15 is 0 Å². The van der Waals surface area contributed by atoms with Crippen LogP contribution in [0.25, 0.3) is 0 Å². The van der Waals surface area contributed by atoms with E-state index in [1.165, 1.54) is 12.1 Å². The van der Waals surface area contributed by atoms with Crippen LogP contribution in [0.1, 0.15) is 0 Å². The number of hydrogen-bond donors (Lipinski definition) is 3. The van der Waals surface area contributed by atoms with Gasteiger partial charge in [0.05, 0.1) is 16.3 Å². The monoisotopic (exact) mass is 313 g/mol. The molecule has 0 saturated carbocycles. The van der Waals surface area contributed by atoms with E-state index < -0.39 is 10.0 Å². The number of hydrogen-bond acceptors (Lipinski definition) is 4. The van der Waals surface area contributed by atoms with E-state index in [0.717, 1.165) is 0 Å². The summed E-state index contributed by atoms with van der Waals surface area (Å²) in [5.41, 5.74) is 7.36. The Labute approximate surface area is 124 Å². The second-order valence-electron chi connectivity index (χ2n) is 3.97. The Morgan fingerprint density at radius 2 is 1.70 bits per heavy atom. The van der Waals surface area contributed by atoms with Crippen LogP contribution in [0.2, 0.25) is 0 Å². The highest BCUT2D eigenvalue weighted by Gasteiger charge is 2.15. The van der Waals surface area contributed by atoms with Gasteiger partial charge in [0.2, 0.25) is 0 Å². The Bertz CT molecular complexity index is 675. The average molecular weight is 314 g/mol. The first-order valence-corrected chi connectivity index (χ1v) is 7.16. The molecule has 2 rings (SSSR count). The lowest BCUT2D eigenvalue weighted by molar-refractivity contribution is 0.601. The minimum atomic E-state index is -3.62. The molecule has 0 aliphatic heterocycles. The summed E-state index contributed by atoms with van der Waals surface area (Å²) < 4.78 is 26.8. The number of benzene rings is 2. The highest BCUT2D eigenvalue weighted by atomic mass is 35.5. The molecular weight excluding hydrogens is 298 g/mol. The molecule has 0 saturated heterocycles. The van der Waals surface area contributed by atoms with Gasteiger partial charge < -0.3 is 11.1 Å². The Morgan fingerprint density at radius 1 is 1.05 bits per heavy atom. The van der Waals surface area contributed by atoms with Crippen molar-refractivity contribution in [3.05, 3.63) is 48.5 Å². The summed E-state index contributed by atoms with van der Waals surface area (Å²) in [5.74, 6) is 0. The van der Waals surface area contributed by atoms with Crippen molar-refractivity contribution in [2.24, 2.45) is 0 Å². The van der Waals surface area contributed by atoms with Crippen molar-refractivity contribution in [2.75, 3.05) is 22.8 Å². The zero-order valence-corrected chi connectivity index (χ0v) is 12.5. The summed E-state index contributed by atoms with van der Waals surface area (Å²) in [4.78, 5) is 0.132. The SMILES string of the molecule is CNc1ccc(S(=O)(=O)Nc2ccccc2)cc1N.Cl. The van der Waals surface area contributed by atoms with Gasteiger partial charge in [0.15, 0.2) is 0 Å². The fourth-order valence-corrected chi connectivity index (χ4v) is 2.75. The molecule has 0 heterocycles. The zero-order valence-electron chi connectivity index (χ0n) is 10.8. The third-order valence-corrected chi connectivity index (χ3v) is 4.01. The Hall–Kier alpha value is -1.92. The van der Waals surface area contributed by atoms with Crippen LogP contribution in [-0.2, 0) is 10.0 Å². The summed E-state index contributed by atoms with van der Waals surface area (Å²) in [6, 6.07) is 13.3. The van der Waals surface area contributed by atoms with Crippen LogP contribution in [0.5, 0.6) is 0 Å². The van der Waals surface area contributed by atoms with Crippen LogP contribution in [-0.4, -0.2) is 15.5 Å². The van der Waals surface area contributed by atoms with Crippen LogP contribution in [0.4, 0.5) is 17.1 Å². The van der Waals surface area contributed by atoms with E-state index in [4.69, 9.17) is 5.73 Å². The molecule has 5 nitrogen and oxygen atoms in total. The molecule has 20 heavy (non-hydrogen) atoms. The molecule has 0 aromatic heterocycles. The summed E-state index contributed by atoms with van der Waals surface area (Å²) in [5, 5.41) is 2.88. The normalized spacial score (nSPS) is 10.4. The lowest BCUT2D eigenvalue weighted by Crippen LogP contribution is -2.13. The van der Waals surface area contributed by atoms with E-state index in [2.05, 4.69) is 10.0 Å². The van der Waals surface area contributed by atoms with Crippen molar-refractivity contribution in [3.8, 4) is 0 Å². The Balaban J connectivity index is 0.00000200. The Kier molecular flexibility index (Phi) is 5.24. The van der Waals surface area contributed by atoms with Gasteiger partial charge in [0.25, 0.3) is 10.0 Å². The van der Waals surface area contributed by atoms with Gasteiger partial charge in [-0.05, 0) is 30.3 Å². The smallest absolute Gasteiger partial charge is 0.261 e. The molecule has 2 aromatic carbocycles. The van der Waals surface area contributed by atoms with Gasteiger partial charge in [0.1, 0.15) is 0 Å². The largest absolute Gasteiger partial charge is 0.397 e. The summed E-state index contributed by atoms with van der Waals surface area (Å²) >= 11 is 0. The van der Waals surface area contributed by atoms with Crippen molar-refractivity contribution < 1.29 is 8.42 Å². The number of nitrogens with two attached hydrogens (primary N) is 1. The maximum Gasteiger partial charge on any atom is 0.261 e. The predicted molar refractivity (Wildman–Crippen MR) is 84.9 cm³/mol. The maximum absolute atomic E-state index is 12.2. The minimum absolute atomic E-state index is 0. The van der Waals surface area contributed by atoms with E-state index in [1.807, 2.05) is 6.07 Å². The third-order valence-electron chi connectivity index (χ3n) is 2.63. The molecule has 108 valence electrons. The van der Waals surface area contributed by atoms with E-state index in [9.17, 15) is 8.42 Å². The van der Waals surface area contributed by atoms with Crippen LogP contribution in [0, 0.1) is 0 Å². The van der Waals surface area contributed by atoms with Crippen LogP contribution in [0.3, 0.4) is 0 Å². The van der Waals surface area contributed by atoms with Crippen LogP contribution < -0.4 is 15.8 Å². The van der Waals surface area contributed by atoms with E-state index in [1.54, 1.807) is 37.4 Å². The Morgan fingerprint density at radius 3 is 2.25 bits per heavy atom. The highest BCUT2D eigenvalue weighted by Crippen LogP contribution is 2.23. The number of sulfonamides is 1. The quantitative estimate of drug-likeness (QED) is 0.757. The van der Waals surface area contributed by atoms with Gasteiger partial charge in [-0.25, -0.2) is 8.42 Å². The van der Waals surface area contributed by atoms with Crippen molar-refractivity contribution in [1.82, 2.24) is 0 Å². The number of anilines is 3. The van der Waals surface area contributed by atoms with E-state index in [0.29, 0.717) is 17.1 Å². The molecule has 2 aromatic rings. The molecular formula is C13H16ClN3O2S. The van der Waals surface area contributed by atoms with E-state index in [-0.39, 0.29) is 17.3 Å². The summed E-state index contributed by atoms with van der Waals surface area (Å²) in [7, 11) is -1.89. The van der Waals surface area contributed by atoms with Crippen LogP contribution in [0.15, 0.2) is 53.4 Å². The summed E-state index contributed by atoms with van der Waals surface area (Å²) in [6.07, 6.45) is 0. The molecule has 4 N–H and O–H groups in total. The molecule has 0 aliphatic rings. The fraction of sp³-hybridized carbons (Fsp3) is 0.0769. The molecule has 0 spiro atoms. The second kappa shape index (κ2) is 6.49. The first-order chi connectivity index (χ1) is 9.03. The number of halogens is 1. The number of para-hydroxylation sites is 1. The molecule has 0 radical (unpaired) electrons. The molecule has 0 fully saturated rings.